The van der Waals surface area contributed by atoms with Crippen LogP contribution in [0.4, 0.5) is 5.69 Å². The molecule has 1 aliphatic heterocycles. The lowest BCUT2D eigenvalue weighted by molar-refractivity contribution is -0.131. The first kappa shape index (κ1) is 13.1. The van der Waals surface area contributed by atoms with Crippen molar-refractivity contribution in [2.75, 3.05) is 18.0 Å². The SMILES string of the molecule is CC1C(=O)NCCN1c1ccccc1C=CC(=O)O. The number of hydrogen-bond donors (Lipinski definition) is 2. The highest BCUT2D eigenvalue weighted by molar-refractivity contribution is 5.89. The predicted molar refractivity (Wildman–Crippen MR) is 72.9 cm³/mol. The highest BCUT2D eigenvalue weighted by Crippen LogP contribution is 2.24. The van der Waals surface area contributed by atoms with Crippen molar-refractivity contribution in [1.29, 1.82) is 0 Å². The lowest BCUT2D eigenvalue weighted by atomic mass is 10.1. The summed E-state index contributed by atoms with van der Waals surface area (Å²) in [7, 11) is 0. The van der Waals surface area contributed by atoms with Gasteiger partial charge in [0.05, 0.1) is 0 Å². The molecule has 0 bridgehead atoms. The summed E-state index contributed by atoms with van der Waals surface area (Å²) in [6.45, 7) is 3.15. The fourth-order valence-corrected chi connectivity index (χ4v) is 2.16. The van der Waals surface area contributed by atoms with E-state index in [9.17, 15) is 9.59 Å². The number of nitrogens with zero attached hydrogens (tertiary/aromatic N) is 1. The van der Waals surface area contributed by atoms with E-state index in [4.69, 9.17) is 5.11 Å². The minimum absolute atomic E-state index is 0.0109. The minimum atomic E-state index is -0.987. The predicted octanol–water partition coefficient (Wildman–Crippen LogP) is 1.11. The number of piperazine rings is 1. The van der Waals surface area contributed by atoms with Crippen LogP contribution in [0.25, 0.3) is 6.08 Å². The third-order valence-electron chi connectivity index (χ3n) is 3.15. The van der Waals surface area contributed by atoms with Crippen LogP contribution in [0, 0.1) is 0 Å². The monoisotopic (exact) mass is 260 g/mol. The Morgan fingerprint density at radius 1 is 1.47 bits per heavy atom. The van der Waals surface area contributed by atoms with Crippen LogP contribution in [0.2, 0.25) is 0 Å². The second-order valence-corrected chi connectivity index (χ2v) is 4.39. The largest absolute Gasteiger partial charge is 0.478 e. The number of rotatable bonds is 3. The minimum Gasteiger partial charge on any atom is -0.478 e. The molecule has 1 aliphatic rings. The number of nitrogens with one attached hydrogen (secondary N) is 1. The van der Waals surface area contributed by atoms with Crippen molar-refractivity contribution >= 4 is 23.6 Å². The van der Waals surface area contributed by atoms with Gasteiger partial charge in [0.25, 0.3) is 0 Å². The molecule has 2 N–H and O–H groups in total. The molecule has 100 valence electrons. The van der Waals surface area contributed by atoms with Crippen molar-refractivity contribution in [3.05, 3.63) is 35.9 Å². The van der Waals surface area contributed by atoms with Gasteiger partial charge in [-0.2, -0.15) is 0 Å². The Labute approximate surface area is 111 Å². The Kier molecular flexibility index (Phi) is 3.85. The zero-order valence-corrected chi connectivity index (χ0v) is 10.7. The maximum absolute atomic E-state index is 11.7. The Balaban J connectivity index is 2.33. The third-order valence-corrected chi connectivity index (χ3v) is 3.15. The van der Waals surface area contributed by atoms with Gasteiger partial charge in [-0.3, -0.25) is 4.79 Å². The lowest BCUT2D eigenvalue weighted by Gasteiger charge is -2.35. The molecule has 2 rings (SSSR count). The molecule has 0 aromatic heterocycles. The molecule has 1 aromatic carbocycles. The first-order valence-electron chi connectivity index (χ1n) is 6.14. The number of carboxylic acids is 1. The first-order valence-corrected chi connectivity index (χ1v) is 6.14. The zero-order chi connectivity index (χ0) is 13.8. The van der Waals surface area contributed by atoms with E-state index in [-0.39, 0.29) is 11.9 Å². The van der Waals surface area contributed by atoms with Crippen LogP contribution < -0.4 is 10.2 Å². The van der Waals surface area contributed by atoms with Crippen molar-refractivity contribution in [2.45, 2.75) is 13.0 Å². The summed E-state index contributed by atoms with van der Waals surface area (Å²) in [5.41, 5.74) is 1.67. The van der Waals surface area contributed by atoms with Gasteiger partial charge in [0.1, 0.15) is 6.04 Å². The summed E-state index contributed by atoms with van der Waals surface area (Å²) < 4.78 is 0. The van der Waals surface area contributed by atoms with Gasteiger partial charge in [-0.25, -0.2) is 4.79 Å². The average Bonchev–Trinajstić information content (AvgIpc) is 2.40. The molecular weight excluding hydrogens is 244 g/mol. The van der Waals surface area contributed by atoms with Crippen molar-refractivity contribution in [3.63, 3.8) is 0 Å². The number of carbonyl (C=O) groups is 2. The van der Waals surface area contributed by atoms with E-state index in [1.807, 2.05) is 36.1 Å². The summed E-state index contributed by atoms with van der Waals surface area (Å²) in [5.74, 6) is -0.998. The quantitative estimate of drug-likeness (QED) is 0.799. The summed E-state index contributed by atoms with van der Waals surface area (Å²) in [5, 5.41) is 11.5. The van der Waals surface area contributed by atoms with E-state index < -0.39 is 5.97 Å². The number of para-hydroxylation sites is 1. The van der Waals surface area contributed by atoms with Gasteiger partial charge >= 0.3 is 5.97 Å². The summed E-state index contributed by atoms with van der Waals surface area (Å²) >= 11 is 0. The molecule has 0 radical (unpaired) electrons. The smallest absolute Gasteiger partial charge is 0.328 e. The summed E-state index contributed by atoms with van der Waals surface area (Å²) in [4.78, 5) is 24.3. The highest BCUT2D eigenvalue weighted by atomic mass is 16.4. The van der Waals surface area contributed by atoms with Gasteiger partial charge in [0.15, 0.2) is 0 Å². The van der Waals surface area contributed by atoms with Gasteiger partial charge in [0.2, 0.25) is 5.91 Å². The van der Waals surface area contributed by atoms with Gasteiger partial charge < -0.3 is 15.3 Å². The lowest BCUT2D eigenvalue weighted by Crippen LogP contribution is -2.54. The molecule has 1 heterocycles. The standard InChI is InChI=1S/C14H16N2O3/c1-10-14(19)15-8-9-16(10)12-5-3-2-4-11(12)6-7-13(17)18/h2-7,10H,8-9H2,1H3,(H,15,19)(H,17,18). The van der Waals surface area contributed by atoms with E-state index in [1.165, 1.54) is 0 Å². The number of carbonyl (C=O) groups excluding carboxylic acids is 1. The molecule has 1 fully saturated rings. The van der Waals surface area contributed by atoms with Crippen molar-refractivity contribution in [3.8, 4) is 0 Å². The fraction of sp³-hybridized carbons (Fsp3) is 0.286. The first-order chi connectivity index (χ1) is 9.09. The normalized spacial score (nSPS) is 19.5. The van der Waals surface area contributed by atoms with Crippen molar-refractivity contribution in [1.82, 2.24) is 5.32 Å². The molecule has 5 nitrogen and oxygen atoms in total. The number of anilines is 1. The topological polar surface area (TPSA) is 69.6 Å². The van der Waals surface area contributed by atoms with Crippen LogP contribution in [0.15, 0.2) is 30.3 Å². The highest BCUT2D eigenvalue weighted by Gasteiger charge is 2.26. The Morgan fingerprint density at radius 2 is 2.21 bits per heavy atom. The second kappa shape index (κ2) is 5.56. The van der Waals surface area contributed by atoms with Crippen LogP contribution in [0.1, 0.15) is 12.5 Å². The van der Waals surface area contributed by atoms with Crippen LogP contribution >= 0.6 is 0 Å². The number of benzene rings is 1. The molecule has 1 atom stereocenters. The molecule has 1 unspecified atom stereocenters. The Bertz CT molecular complexity index is 525. The molecule has 0 spiro atoms. The van der Waals surface area contributed by atoms with E-state index in [1.54, 1.807) is 6.08 Å². The fourth-order valence-electron chi connectivity index (χ4n) is 2.16. The molecule has 1 saturated heterocycles. The Hall–Kier alpha value is -2.30. The summed E-state index contributed by atoms with van der Waals surface area (Å²) in [6.07, 6.45) is 2.66. The van der Waals surface area contributed by atoms with E-state index in [0.717, 1.165) is 17.3 Å². The van der Waals surface area contributed by atoms with Gasteiger partial charge in [0, 0.05) is 24.9 Å². The number of carboxylic acid groups (broad SMARTS) is 1. The molecular formula is C14H16N2O3. The molecule has 1 amide bonds. The summed E-state index contributed by atoms with van der Waals surface area (Å²) in [6, 6.07) is 7.21. The number of aliphatic carboxylic acids is 1. The van der Waals surface area contributed by atoms with Crippen LogP contribution in [0.5, 0.6) is 0 Å². The second-order valence-electron chi connectivity index (χ2n) is 4.39. The van der Waals surface area contributed by atoms with E-state index in [2.05, 4.69) is 5.32 Å². The Morgan fingerprint density at radius 3 is 2.95 bits per heavy atom. The maximum atomic E-state index is 11.7. The van der Waals surface area contributed by atoms with Gasteiger partial charge in [-0.05, 0) is 24.6 Å². The van der Waals surface area contributed by atoms with Crippen LogP contribution in [0.3, 0.4) is 0 Å². The molecule has 19 heavy (non-hydrogen) atoms. The molecule has 0 aliphatic carbocycles. The number of hydrogen-bond acceptors (Lipinski definition) is 3. The molecule has 0 saturated carbocycles. The van der Waals surface area contributed by atoms with E-state index in [0.29, 0.717) is 13.1 Å². The van der Waals surface area contributed by atoms with Gasteiger partial charge in [-0.15, -0.1) is 0 Å². The third kappa shape index (κ3) is 2.93. The zero-order valence-electron chi connectivity index (χ0n) is 10.7. The average molecular weight is 260 g/mol. The van der Waals surface area contributed by atoms with Crippen LogP contribution in [-0.4, -0.2) is 36.1 Å². The van der Waals surface area contributed by atoms with Gasteiger partial charge in [-0.1, -0.05) is 18.2 Å². The number of amides is 1. The molecule has 5 heteroatoms. The maximum Gasteiger partial charge on any atom is 0.328 e. The van der Waals surface area contributed by atoms with E-state index >= 15 is 0 Å². The van der Waals surface area contributed by atoms with Crippen molar-refractivity contribution in [2.24, 2.45) is 0 Å². The van der Waals surface area contributed by atoms with Crippen molar-refractivity contribution < 1.29 is 14.7 Å². The molecule has 1 aromatic rings. The van der Waals surface area contributed by atoms with Crippen LogP contribution in [-0.2, 0) is 9.59 Å².